The Hall–Kier alpha value is -3.41. The first-order valence-corrected chi connectivity index (χ1v) is 8.99. The number of methoxy groups -OCH3 is 1. The largest absolute Gasteiger partial charge is 0.497 e. The van der Waals surface area contributed by atoms with Gasteiger partial charge in [-0.1, -0.05) is 24.3 Å². The van der Waals surface area contributed by atoms with Crippen LogP contribution in [-0.2, 0) is 17.6 Å². The van der Waals surface area contributed by atoms with Gasteiger partial charge in [-0.25, -0.2) is 9.37 Å². The van der Waals surface area contributed by atoms with Crippen molar-refractivity contribution in [2.45, 2.75) is 12.8 Å². The third-order valence-electron chi connectivity index (χ3n) is 4.20. The number of ether oxygens (including phenoxy) is 1. The third-order valence-corrected chi connectivity index (χ3v) is 4.20. The predicted molar refractivity (Wildman–Crippen MR) is 108 cm³/mol. The average molecular weight is 379 g/mol. The molecule has 0 saturated heterocycles. The minimum absolute atomic E-state index is 0.173. The lowest BCUT2D eigenvalue weighted by Crippen LogP contribution is -2.14. The van der Waals surface area contributed by atoms with Crippen LogP contribution in [0.2, 0.25) is 0 Å². The molecule has 0 aliphatic carbocycles. The number of pyridine rings is 1. The van der Waals surface area contributed by atoms with Gasteiger partial charge in [-0.05, 0) is 53.9 Å². The van der Waals surface area contributed by atoms with Gasteiger partial charge in [0.25, 0.3) is 0 Å². The van der Waals surface area contributed by atoms with Crippen molar-refractivity contribution in [3.8, 4) is 5.75 Å². The standard InChI is InChI=1S/C22H22FN3O2/c1-28-20-9-4-16(5-10-20)12-13-24-21-11-8-19(15-25-21)26-22(27)14-17-2-6-18(23)7-3-17/h2-11,15H,12-14H2,1H3,(H,24,25)(H,26,27). The molecule has 1 heterocycles. The zero-order valence-corrected chi connectivity index (χ0v) is 15.6. The Bertz CT molecular complexity index is 895. The molecule has 144 valence electrons. The molecule has 1 aromatic heterocycles. The van der Waals surface area contributed by atoms with Gasteiger partial charge < -0.3 is 15.4 Å². The fraction of sp³-hybridized carbons (Fsp3) is 0.182. The molecule has 0 unspecified atom stereocenters. The molecule has 5 nitrogen and oxygen atoms in total. The van der Waals surface area contributed by atoms with Gasteiger partial charge in [0.15, 0.2) is 0 Å². The van der Waals surface area contributed by atoms with Crippen molar-refractivity contribution in [3.63, 3.8) is 0 Å². The molecule has 1 amide bonds. The Morgan fingerprint density at radius 3 is 2.36 bits per heavy atom. The van der Waals surface area contributed by atoms with Crippen molar-refractivity contribution in [1.82, 2.24) is 4.98 Å². The van der Waals surface area contributed by atoms with Crippen LogP contribution in [0.3, 0.4) is 0 Å². The Balaban J connectivity index is 1.44. The molecular formula is C22H22FN3O2. The topological polar surface area (TPSA) is 63.2 Å². The van der Waals surface area contributed by atoms with Crippen LogP contribution in [0.5, 0.6) is 5.75 Å². The zero-order valence-electron chi connectivity index (χ0n) is 15.6. The molecule has 6 heteroatoms. The summed E-state index contributed by atoms with van der Waals surface area (Å²) < 4.78 is 18.1. The van der Waals surface area contributed by atoms with Gasteiger partial charge >= 0.3 is 0 Å². The highest BCUT2D eigenvalue weighted by Crippen LogP contribution is 2.13. The quantitative estimate of drug-likeness (QED) is 0.619. The number of anilines is 2. The van der Waals surface area contributed by atoms with Crippen molar-refractivity contribution >= 4 is 17.4 Å². The van der Waals surface area contributed by atoms with Crippen LogP contribution in [0.25, 0.3) is 0 Å². The third kappa shape index (κ3) is 5.81. The van der Waals surface area contributed by atoms with Crippen LogP contribution in [0.1, 0.15) is 11.1 Å². The maximum atomic E-state index is 12.9. The maximum Gasteiger partial charge on any atom is 0.228 e. The summed E-state index contributed by atoms with van der Waals surface area (Å²) in [6.45, 7) is 0.746. The van der Waals surface area contributed by atoms with E-state index >= 15 is 0 Å². The lowest BCUT2D eigenvalue weighted by Gasteiger charge is -2.08. The Labute approximate surface area is 163 Å². The number of carbonyl (C=O) groups excluding carboxylic acids is 1. The number of amides is 1. The molecule has 0 fully saturated rings. The van der Waals surface area contributed by atoms with E-state index in [-0.39, 0.29) is 18.1 Å². The highest BCUT2D eigenvalue weighted by atomic mass is 19.1. The molecule has 0 aliphatic rings. The van der Waals surface area contributed by atoms with Crippen LogP contribution in [-0.4, -0.2) is 24.5 Å². The molecule has 0 bridgehead atoms. The second kappa shape index (κ2) is 9.50. The fourth-order valence-electron chi connectivity index (χ4n) is 2.69. The van der Waals surface area contributed by atoms with Crippen molar-refractivity contribution in [2.24, 2.45) is 0 Å². The van der Waals surface area contributed by atoms with E-state index in [9.17, 15) is 9.18 Å². The molecule has 3 rings (SSSR count). The van der Waals surface area contributed by atoms with Crippen molar-refractivity contribution in [3.05, 3.63) is 83.8 Å². The summed E-state index contributed by atoms with van der Waals surface area (Å²) in [5.41, 5.74) is 2.58. The summed E-state index contributed by atoms with van der Waals surface area (Å²) in [4.78, 5) is 16.4. The number of nitrogens with zero attached hydrogens (tertiary/aromatic N) is 1. The predicted octanol–water partition coefficient (Wildman–Crippen LogP) is 4.07. The number of hydrogen-bond acceptors (Lipinski definition) is 4. The first-order chi connectivity index (χ1) is 13.6. The molecule has 2 aromatic carbocycles. The Kier molecular flexibility index (Phi) is 6.57. The van der Waals surface area contributed by atoms with Gasteiger partial charge in [0.1, 0.15) is 17.4 Å². The fourth-order valence-corrected chi connectivity index (χ4v) is 2.69. The van der Waals surface area contributed by atoms with Gasteiger partial charge in [-0.3, -0.25) is 4.79 Å². The van der Waals surface area contributed by atoms with Gasteiger partial charge in [-0.15, -0.1) is 0 Å². The van der Waals surface area contributed by atoms with E-state index in [2.05, 4.69) is 15.6 Å². The van der Waals surface area contributed by atoms with E-state index < -0.39 is 0 Å². The summed E-state index contributed by atoms with van der Waals surface area (Å²) in [5, 5.41) is 6.05. The first-order valence-electron chi connectivity index (χ1n) is 8.99. The molecule has 0 atom stereocenters. The number of rotatable bonds is 8. The Morgan fingerprint density at radius 1 is 1.00 bits per heavy atom. The molecule has 0 saturated carbocycles. The molecule has 28 heavy (non-hydrogen) atoms. The number of halogens is 1. The highest BCUT2D eigenvalue weighted by Gasteiger charge is 2.05. The molecule has 0 spiro atoms. The van der Waals surface area contributed by atoms with Crippen LogP contribution in [0.4, 0.5) is 15.9 Å². The summed E-state index contributed by atoms with van der Waals surface area (Å²) in [7, 11) is 1.65. The summed E-state index contributed by atoms with van der Waals surface area (Å²) in [5.74, 6) is 1.09. The average Bonchev–Trinajstić information content (AvgIpc) is 2.71. The summed E-state index contributed by atoms with van der Waals surface area (Å²) in [6, 6.07) is 17.5. The second-order valence-corrected chi connectivity index (χ2v) is 6.31. The number of benzene rings is 2. The van der Waals surface area contributed by atoms with Gasteiger partial charge in [-0.2, -0.15) is 0 Å². The zero-order chi connectivity index (χ0) is 19.8. The molecule has 0 radical (unpaired) electrons. The SMILES string of the molecule is COc1ccc(CCNc2ccc(NC(=O)Cc3ccc(F)cc3)cn2)cc1. The minimum Gasteiger partial charge on any atom is -0.497 e. The van der Waals surface area contributed by atoms with Crippen molar-refractivity contribution in [2.75, 3.05) is 24.3 Å². The molecular weight excluding hydrogens is 357 g/mol. The van der Waals surface area contributed by atoms with E-state index in [0.29, 0.717) is 5.69 Å². The normalized spacial score (nSPS) is 10.4. The van der Waals surface area contributed by atoms with E-state index in [0.717, 1.165) is 30.1 Å². The molecule has 3 aromatic rings. The van der Waals surface area contributed by atoms with Crippen LogP contribution in [0, 0.1) is 5.82 Å². The van der Waals surface area contributed by atoms with E-state index in [1.54, 1.807) is 31.5 Å². The number of hydrogen-bond donors (Lipinski definition) is 2. The van der Waals surface area contributed by atoms with Gasteiger partial charge in [0.05, 0.1) is 25.4 Å². The molecule has 2 N–H and O–H groups in total. The minimum atomic E-state index is -0.316. The second-order valence-electron chi connectivity index (χ2n) is 6.31. The van der Waals surface area contributed by atoms with Crippen molar-refractivity contribution < 1.29 is 13.9 Å². The van der Waals surface area contributed by atoms with Crippen molar-refractivity contribution in [1.29, 1.82) is 0 Å². The van der Waals surface area contributed by atoms with Gasteiger partial charge in [0, 0.05) is 6.54 Å². The highest BCUT2D eigenvalue weighted by molar-refractivity contribution is 5.92. The number of carbonyl (C=O) groups is 1. The molecule has 0 aliphatic heterocycles. The maximum absolute atomic E-state index is 12.9. The van der Waals surface area contributed by atoms with Gasteiger partial charge in [0.2, 0.25) is 5.91 Å². The van der Waals surface area contributed by atoms with E-state index in [1.807, 2.05) is 30.3 Å². The number of nitrogens with one attached hydrogen (secondary N) is 2. The number of aromatic nitrogens is 1. The van der Waals surface area contributed by atoms with Crippen LogP contribution >= 0.6 is 0 Å². The smallest absolute Gasteiger partial charge is 0.228 e. The summed E-state index contributed by atoms with van der Waals surface area (Å²) >= 11 is 0. The van der Waals surface area contributed by atoms with E-state index in [1.165, 1.54) is 17.7 Å². The monoisotopic (exact) mass is 379 g/mol. The first kappa shape index (κ1) is 19.4. The van der Waals surface area contributed by atoms with E-state index in [4.69, 9.17) is 4.74 Å². The summed E-state index contributed by atoms with van der Waals surface area (Å²) in [6.07, 6.45) is 2.66. The lowest BCUT2D eigenvalue weighted by atomic mass is 10.1. The van der Waals surface area contributed by atoms with Crippen LogP contribution < -0.4 is 15.4 Å². The van der Waals surface area contributed by atoms with Crippen LogP contribution in [0.15, 0.2) is 66.9 Å². The Morgan fingerprint density at radius 2 is 1.71 bits per heavy atom. The lowest BCUT2D eigenvalue weighted by molar-refractivity contribution is -0.115.